The van der Waals surface area contributed by atoms with Crippen LogP contribution in [0.25, 0.3) is 0 Å². The van der Waals surface area contributed by atoms with E-state index < -0.39 is 11.4 Å². The molecule has 1 aromatic rings. The number of hydrogen-bond acceptors (Lipinski definition) is 3. The van der Waals surface area contributed by atoms with Gasteiger partial charge in [-0.25, -0.2) is 0 Å². The van der Waals surface area contributed by atoms with Crippen LogP contribution in [0.2, 0.25) is 0 Å². The van der Waals surface area contributed by atoms with E-state index in [2.05, 4.69) is 0 Å². The fraction of sp³-hybridized carbons (Fsp3) is 0.533. The van der Waals surface area contributed by atoms with Gasteiger partial charge in [0, 0.05) is 0 Å². The first-order valence-corrected chi connectivity index (χ1v) is 6.66. The van der Waals surface area contributed by atoms with Crippen LogP contribution in [0.1, 0.15) is 24.8 Å². The topological polar surface area (TPSA) is 55.8 Å². The van der Waals surface area contributed by atoms with Crippen molar-refractivity contribution in [2.45, 2.75) is 37.9 Å². The SMILES string of the molecule is COc1ccc(CC2(C(=O)O)CC3CCC2O3)cc1. The third kappa shape index (κ3) is 2.00. The van der Waals surface area contributed by atoms with Crippen LogP contribution in [-0.2, 0) is 16.0 Å². The van der Waals surface area contributed by atoms with Gasteiger partial charge in [0.05, 0.1) is 19.3 Å². The molecule has 2 bridgehead atoms. The summed E-state index contributed by atoms with van der Waals surface area (Å²) in [6, 6.07) is 7.63. The van der Waals surface area contributed by atoms with E-state index in [0.29, 0.717) is 12.8 Å². The molecule has 0 spiro atoms. The molecule has 19 heavy (non-hydrogen) atoms. The average Bonchev–Trinajstić information content (AvgIpc) is 3.00. The largest absolute Gasteiger partial charge is 0.497 e. The van der Waals surface area contributed by atoms with E-state index in [4.69, 9.17) is 9.47 Å². The fourth-order valence-corrected chi connectivity index (χ4v) is 3.39. The molecule has 1 N–H and O–H groups in total. The molecule has 3 atom stereocenters. The molecule has 4 nitrogen and oxygen atoms in total. The van der Waals surface area contributed by atoms with Crippen molar-refractivity contribution in [2.24, 2.45) is 5.41 Å². The summed E-state index contributed by atoms with van der Waals surface area (Å²) >= 11 is 0. The maximum absolute atomic E-state index is 11.7. The summed E-state index contributed by atoms with van der Waals surface area (Å²) in [6.45, 7) is 0. The fourth-order valence-electron chi connectivity index (χ4n) is 3.39. The standard InChI is InChI=1S/C15H18O4/c1-18-11-4-2-10(3-5-11)8-15(14(16)17)9-12-6-7-13(15)19-12/h2-5,12-13H,6-9H2,1H3,(H,16,17). The number of carbonyl (C=O) groups is 1. The summed E-state index contributed by atoms with van der Waals surface area (Å²) in [7, 11) is 1.62. The van der Waals surface area contributed by atoms with Crippen LogP contribution in [0.3, 0.4) is 0 Å². The molecule has 3 unspecified atom stereocenters. The van der Waals surface area contributed by atoms with Crippen LogP contribution in [0.5, 0.6) is 5.75 Å². The van der Waals surface area contributed by atoms with Crippen LogP contribution in [0, 0.1) is 5.41 Å². The van der Waals surface area contributed by atoms with E-state index in [-0.39, 0.29) is 12.2 Å². The van der Waals surface area contributed by atoms with Gasteiger partial charge in [0.1, 0.15) is 11.2 Å². The van der Waals surface area contributed by atoms with E-state index in [0.717, 1.165) is 24.2 Å². The molecule has 2 saturated heterocycles. The van der Waals surface area contributed by atoms with Crippen LogP contribution in [-0.4, -0.2) is 30.4 Å². The monoisotopic (exact) mass is 262 g/mol. The van der Waals surface area contributed by atoms with Crippen molar-refractivity contribution in [2.75, 3.05) is 7.11 Å². The van der Waals surface area contributed by atoms with E-state index in [9.17, 15) is 9.90 Å². The number of methoxy groups -OCH3 is 1. The first kappa shape index (κ1) is 12.5. The Bertz CT molecular complexity index is 481. The van der Waals surface area contributed by atoms with Gasteiger partial charge in [-0.1, -0.05) is 12.1 Å². The molecule has 0 aliphatic carbocycles. The molecule has 1 aromatic carbocycles. The summed E-state index contributed by atoms with van der Waals surface area (Å²) in [5.41, 5.74) is 0.289. The van der Waals surface area contributed by atoms with Gasteiger partial charge in [0.25, 0.3) is 0 Å². The number of aliphatic carboxylic acids is 1. The predicted molar refractivity (Wildman–Crippen MR) is 69.3 cm³/mol. The van der Waals surface area contributed by atoms with Crippen molar-refractivity contribution in [3.8, 4) is 5.75 Å². The second-order valence-electron chi connectivity index (χ2n) is 5.51. The van der Waals surface area contributed by atoms with Gasteiger partial charge >= 0.3 is 5.97 Å². The van der Waals surface area contributed by atoms with Gasteiger partial charge in [0.2, 0.25) is 0 Å². The Morgan fingerprint density at radius 2 is 2.16 bits per heavy atom. The summed E-state index contributed by atoms with van der Waals surface area (Å²) in [4.78, 5) is 11.7. The normalized spacial score (nSPS) is 32.5. The Morgan fingerprint density at radius 3 is 2.63 bits per heavy atom. The Balaban J connectivity index is 1.84. The molecule has 2 heterocycles. The van der Waals surface area contributed by atoms with Crippen LogP contribution >= 0.6 is 0 Å². The molecule has 2 aliphatic rings. The van der Waals surface area contributed by atoms with E-state index in [1.54, 1.807) is 7.11 Å². The summed E-state index contributed by atoms with van der Waals surface area (Å²) in [5, 5.41) is 9.64. The average molecular weight is 262 g/mol. The zero-order chi connectivity index (χ0) is 13.5. The third-order valence-corrected chi connectivity index (χ3v) is 4.42. The van der Waals surface area contributed by atoms with E-state index >= 15 is 0 Å². The predicted octanol–water partition coefficient (Wildman–Crippen LogP) is 2.26. The third-order valence-electron chi connectivity index (χ3n) is 4.42. The lowest BCUT2D eigenvalue weighted by Gasteiger charge is -2.31. The van der Waals surface area contributed by atoms with Crippen molar-refractivity contribution < 1.29 is 19.4 Å². The summed E-state index contributed by atoms with van der Waals surface area (Å²) < 4.78 is 10.9. The van der Waals surface area contributed by atoms with Crippen LogP contribution in [0.15, 0.2) is 24.3 Å². The molecule has 2 aliphatic heterocycles. The first-order valence-electron chi connectivity index (χ1n) is 6.66. The molecule has 0 amide bonds. The Morgan fingerprint density at radius 1 is 1.42 bits per heavy atom. The zero-order valence-corrected chi connectivity index (χ0v) is 11.0. The minimum Gasteiger partial charge on any atom is -0.497 e. The Kier molecular flexibility index (Phi) is 2.97. The number of hydrogen-bond donors (Lipinski definition) is 1. The Hall–Kier alpha value is -1.55. The number of ether oxygens (including phenoxy) is 2. The van der Waals surface area contributed by atoms with E-state index in [1.165, 1.54) is 0 Å². The molecule has 2 fully saturated rings. The zero-order valence-electron chi connectivity index (χ0n) is 11.0. The lowest BCUT2D eigenvalue weighted by Crippen LogP contribution is -2.42. The number of benzene rings is 1. The molecule has 0 aromatic heterocycles. The van der Waals surface area contributed by atoms with E-state index in [1.807, 2.05) is 24.3 Å². The smallest absolute Gasteiger partial charge is 0.312 e. The maximum Gasteiger partial charge on any atom is 0.312 e. The summed E-state index contributed by atoms with van der Waals surface area (Å²) in [6.07, 6.45) is 3.05. The lowest BCUT2D eigenvalue weighted by atomic mass is 9.70. The molecule has 4 heteroatoms. The van der Waals surface area contributed by atoms with Crippen molar-refractivity contribution in [3.63, 3.8) is 0 Å². The molecular weight excluding hydrogens is 244 g/mol. The van der Waals surface area contributed by atoms with Crippen LogP contribution < -0.4 is 4.74 Å². The van der Waals surface area contributed by atoms with Gasteiger partial charge in [0.15, 0.2) is 0 Å². The summed E-state index contributed by atoms with van der Waals surface area (Å²) in [5.74, 6) is 0.0628. The maximum atomic E-state index is 11.7. The van der Waals surface area contributed by atoms with Crippen molar-refractivity contribution in [3.05, 3.63) is 29.8 Å². The van der Waals surface area contributed by atoms with Gasteiger partial charge < -0.3 is 14.6 Å². The highest BCUT2D eigenvalue weighted by Gasteiger charge is 2.57. The number of carboxylic acid groups (broad SMARTS) is 1. The highest BCUT2D eigenvalue weighted by atomic mass is 16.5. The molecule has 3 rings (SSSR count). The van der Waals surface area contributed by atoms with Gasteiger partial charge in [-0.3, -0.25) is 4.79 Å². The molecule has 0 saturated carbocycles. The number of carboxylic acids is 1. The lowest BCUT2D eigenvalue weighted by molar-refractivity contribution is -0.152. The van der Waals surface area contributed by atoms with Crippen molar-refractivity contribution in [1.82, 2.24) is 0 Å². The first-order chi connectivity index (χ1) is 9.14. The molecule has 102 valence electrons. The minimum absolute atomic E-state index is 0.128. The molecular formula is C15H18O4. The Labute approximate surface area is 112 Å². The number of rotatable bonds is 4. The minimum atomic E-state index is -0.739. The second-order valence-corrected chi connectivity index (χ2v) is 5.51. The van der Waals surface area contributed by atoms with Crippen molar-refractivity contribution >= 4 is 5.97 Å². The highest BCUT2D eigenvalue weighted by Crippen LogP contribution is 2.49. The van der Waals surface area contributed by atoms with Crippen LogP contribution in [0.4, 0.5) is 0 Å². The van der Waals surface area contributed by atoms with Gasteiger partial charge in [-0.2, -0.15) is 0 Å². The highest BCUT2D eigenvalue weighted by molar-refractivity contribution is 5.76. The second kappa shape index (κ2) is 4.53. The van der Waals surface area contributed by atoms with Gasteiger partial charge in [-0.05, 0) is 43.4 Å². The molecule has 0 radical (unpaired) electrons. The quantitative estimate of drug-likeness (QED) is 0.904. The van der Waals surface area contributed by atoms with Gasteiger partial charge in [-0.15, -0.1) is 0 Å². The van der Waals surface area contributed by atoms with Crippen molar-refractivity contribution in [1.29, 1.82) is 0 Å². The number of fused-ring (bicyclic) bond motifs is 2.